The summed E-state index contributed by atoms with van der Waals surface area (Å²) in [6.07, 6.45) is 0.681. The molecule has 0 bridgehead atoms. The van der Waals surface area contributed by atoms with E-state index in [1.807, 2.05) is 0 Å². The van der Waals surface area contributed by atoms with Crippen LogP contribution in [-0.4, -0.2) is 97.7 Å². The third-order valence-electron chi connectivity index (χ3n) is 8.31. The molecule has 0 unspecified atom stereocenters. The molecule has 280 valence electrons. The van der Waals surface area contributed by atoms with Crippen LogP contribution in [0, 0.1) is 0 Å². The predicted octanol–water partition coefficient (Wildman–Crippen LogP) is -1.17. The maximum atomic E-state index is 14.1. The first-order valence-electron chi connectivity index (χ1n) is 16.4. The smallest absolute Gasteiger partial charge is 0.328 e. The number of hydrogen-bond donors (Lipinski definition) is 11. The van der Waals surface area contributed by atoms with Gasteiger partial charge in [-0.25, -0.2) is 4.79 Å². The number of carboxylic acids is 1. The first-order chi connectivity index (χ1) is 25.2. The number of fused-ring (bicyclic) bond motifs is 1. The molecule has 0 radical (unpaired) electrons. The maximum Gasteiger partial charge on any atom is 0.328 e. The SMILES string of the molecule is NC(=O)C[C@H](N)C(=O)N[C@@H](Cc1ccc(O)cc1)C(=O)N[C@@H](Cc1ccc(O)cc1)C(=O)N[C@@H](Cc1c[nH]c2ccccc12)C(=O)N[C@@H](CO)C(=O)O. The highest BCUT2D eigenvalue weighted by Gasteiger charge is 2.33. The highest BCUT2D eigenvalue weighted by Crippen LogP contribution is 2.20. The number of H-pyrrole nitrogens is 1. The molecule has 0 spiro atoms. The van der Waals surface area contributed by atoms with Gasteiger partial charge in [0.1, 0.15) is 35.7 Å². The Balaban J connectivity index is 1.66. The number of carboxylic acid groups (broad SMARTS) is 1. The predicted molar refractivity (Wildman–Crippen MR) is 190 cm³/mol. The summed E-state index contributed by atoms with van der Waals surface area (Å²) in [5, 5.41) is 49.2. The van der Waals surface area contributed by atoms with E-state index in [9.17, 15) is 49.2 Å². The summed E-state index contributed by atoms with van der Waals surface area (Å²) in [7, 11) is 0. The van der Waals surface area contributed by atoms with Crippen LogP contribution in [0.25, 0.3) is 10.9 Å². The van der Waals surface area contributed by atoms with Gasteiger partial charge in [-0.15, -0.1) is 0 Å². The summed E-state index contributed by atoms with van der Waals surface area (Å²) in [4.78, 5) is 80.6. The Bertz CT molecular complexity index is 1930. The molecular weight excluding hydrogens is 690 g/mol. The lowest BCUT2D eigenvalue weighted by molar-refractivity contribution is -0.143. The second kappa shape index (κ2) is 18.2. The van der Waals surface area contributed by atoms with Gasteiger partial charge in [0.05, 0.1) is 19.1 Å². The molecule has 0 saturated carbocycles. The number of aliphatic hydroxyl groups excluding tert-OH is 1. The number of aliphatic carboxylic acids is 1. The molecule has 0 aliphatic carbocycles. The van der Waals surface area contributed by atoms with E-state index in [-0.39, 0.29) is 30.8 Å². The second-order valence-electron chi connectivity index (χ2n) is 12.3. The van der Waals surface area contributed by atoms with Crippen molar-refractivity contribution in [1.29, 1.82) is 0 Å². The second-order valence-corrected chi connectivity index (χ2v) is 12.3. The van der Waals surface area contributed by atoms with E-state index in [1.165, 1.54) is 48.5 Å². The molecule has 13 N–H and O–H groups in total. The molecule has 1 aromatic heterocycles. The van der Waals surface area contributed by atoms with E-state index in [0.29, 0.717) is 16.7 Å². The number of carbonyl (C=O) groups excluding carboxylic acids is 5. The number of aliphatic hydroxyl groups is 1. The highest BCUT2D eigenvalue weighted by molar-refractivity contribution is 5.96. The standard InChI is InChI=1S/C36H41N7O10/c37-25(16-31(38)47)32(48)40-27(13-19-5-9-22(45)10-6-19)33(49)41-28(14-20-7-11-23(46)12-8-20)34(50)42-29(35(51)43-30(18-44)36(52)53)15-21-17-39-26-4-2-1-3-24(21)26/h1-12,17,25,27-30,39,44-46H,13-16,18,37H2,(H2,38,47)(H,40,48)(H,41,49)(H,42,50)(H,43,51)(H,52,53)/t25-,27-,28-,29-,30-/m0/s1. The number of carbonyl (C=O) groups is 6. The number of aromatic amines is 1. The minimum absolute atomic E-state index is 0.0483. The number of rotatable bonds is 18. The quantitative estimate of drug-likeness (QED) is 0.0579. The van der Waals surface area contributed by atoms with Crippen molar-refractivity contribution in [2.75, 3.05) is 6.61 Å². The molecule has 17 nitrogen and oxygen atoms in total. The number of nitrogens with two attached hydrogens (primary N) is 2. The van der Waals surface area contributed by atoms with E-state index < -0.39 is 78.7 Å². The number of phenols is 2. The van der Waals surface area contributed by atoms with Crippen molar-refractivity contribution in [3.8, 4) is 11.5 Å². The van der Waals surface area contributed by atoms with Crippen molar-refractivity contribution in [3.63, 3.8) is 0 Å². The summed E-state index contributed by atoms with van der Waals surface area (Å²) >= 11 is 0. The van der Waals surface area contributed by atoms with Crippen LogP contribution in [0.2, 0.25) is 0 Å². The van der Waals surface area contributed by atoms with Crippen LogP contribution in [0.15, 0.2) is 79.0 Å². The molecule has 3 aromatic carbocycles. The normalized spacial score (nSPS) is 13.8. The molecule has 4 aromatic rings. The van der Waals surface area contributed by atoms with Crippen LogP contribution in [0.4, 0.5) is 0 Å². The van der Waals surface area contributed by atoms with Crippen LogP contribution in [0.1, 0.15) is 23.1 Å². The molecule has 4 rings (SSSR count). The third kappa shape index (κ3) is 11.3. The topological polar surface area (TPSA) is 299 Å². The minimum atomic E-state index is -1.68. The van der Waals surface area contributed by atoms with Crippen LogP contribution in [-0.2, 0) is 48.0 Å². The number of nitrogens with one attached hydrogen (secondary N) is 5. The maximum absolute atomic E-state index is 14.1. The Morgan fingerprint density at radius 2 is 1.09 bits per heavy atom. The molecule has 0 saturated heterocycles. The van der Waals surface area contributed by atoms with Crippen molar-refractivity contribution < 1.29 is 49.2 Å². The molecule has 5 amide bonds. The van der Waals surface area contributed by atoms with Crippen molar-refractivity contribution >= 4 is 46.4 Å². The number of primary amides is 1. The summed E-state index contributed by atoms with van der Waals surface area (Å²) in [6.45, 7) is -0.925. The molecule has 5 atom stereocenters. The first-order valence-corrected chi connectivity index (χ1v) is 16.4. The monoisotopic (exact) mass is 731 g/mol. The zero-order valence-electron chi connectivity index (χ0n) is 28.3. The van der Waals surface area contributed by atoms with Crippen LogP contribution >= 0.6 is 0 Å². The van der Waals surface area contributed by atoms with Crippen LogP contribution in [0.5, 0.6) is 11.5 Å². The number of benzene rings is 3. The fourth-order valence-electron chi connectivity index (χ4n) is 5.47. The van der Waals surface area contributed by atoms with Crippen molar-refractivity contribution in [2.24, 2.45) is 11.5 Å². The van der Waals surface area contributed by atoms with Gasteiger partial charge in [0.2, 0.25) is 29.5 Å². The van der Waals surface area contributed by atoms with E-state index in [2.05, 4.69) is 26.3 Å². The van der Waals surface area contributed by atoms with Gasteiger partial charge >= 0.3 is 5.97 Å². The van der Waals surface area contributed by atoms with Gasteiger partial charge in [0, 0.05) is 36.4 Å². The molecule has 0 fully saturated rings. The summed E-state index contributed by atoms with van der Waals surface area (Å²) in [5.74, 6) is -6.01. The average Bonchev–Trinajstić information content (AvgIpc) is 3.53. The van der Waals surface area contributed by atoms with Crippen molar-refractivity contribution in [1.82, 2.24) is 26.3 Å². The fourth-order valence-corrected chi connectivity index (χ4v) is 5.47. The molecule has 0 aliphatic rings. The highest BCUT2D eigenvalue weighted by atomic mass is 16.4. The van der Waals surface area contributed by atoms with Gasteiger partial charge in [-0.05, 0) is 47.0 Å². The Labute approximate surface area is 302 Å². The first kappa shape index (κ1) is 39.3. The van der Waals surface area contributed by atoms with Gasteiger partial charge in [-0.1, -0.05) is 42.5 Å². The third-order valence-corrected chi connectivity index (χ3v) is 8.31. The number of para-hydroxylation sites is 1. The summed E-state index contributed by atoms with van der Waals surface area (Å²) in [5.41, 5.74) is 13.3. The van der Waals surface area contributed by atoms with Gasteiger partial charge in [-0.2, -0.15) is 0 Å². The Hall–Kier alpha value is -6.46. The number of aromatic hydroxyl groups is 2. The van der Waals surface area contributed by atoms with E-state index in [0.717, 1.165) is 10.9 Å². The Morgan fingerprint density at radius 1 is 0.642 bits per heavy atom. The van der Waals surface area contributed by atoms with Gasteiger partial charge < -0.3 is 58.1 Å². The lowest BCUT2D eigenvalue weighted by atomic mass is 10.0. The van der Waals surface area contributed by atoms with Gasteiger partial charge in [0.25, 0.3) is 0 Å². The van der Waals surface area contributed by atoms with Crippen LogP contribution < -0.4 is 32.7 Å². The molecule has 17 heteroatoms. The van der Waals surface area contributed by atoms with Crippen molar-refractivity contribution in [3.05, 3.63) is 95.7 Å². The lowest BCUT2D eigenvalue weighted by Gasteiger charge is -2.26. The summed E-state index contributed by atoms with van der Waals surface area (Å²) in [6, 6.07) is 11.4. The van der Waals surface area contributed by atoms with E-state index >= 15 is 0 Å². The van der Waals surface area contributed by atoms with Crippen molar-refractivity contribution in [2.45, 2.75) is 55.9 Å². The Morgan fingerprint density at radius 3 is 1.57 bits per heavy atom. The zero-order chi connectivity index (χ0) is 38.7. The molecule has 53 heavy (non-hydrogen) atoms. The number of amides is 5. The Kier molecular flexibility index (Phi) is 13.5. The number of aromatic nitrogens is 1. The van der Waals surface area contributed by atoms with Crippen LogP contribution in [0.3, 0.4) is 0 Å². The number of phenolic OH excluding ortho intramolecular Hbond substituents is 2. The van der Waals surface area contributed by atoms with Gasteiger partial charge in [-0.3, -0.25) is 24.0 Å². The zero-order valence-corrected chi connectivity index (χ0v) is 28.3. The number of hydrogen-bond acceptors (Lipinski definition) is 10. The minimum Gasteiger partial charge on any atom is -0.508 e. The fraction of sp³-hybridized carbons (Fsp3) is 0.278. The largest absolute Gasteiger partial charge is 0.508 e. The van der Waals surface area contributed by atoms with E-state index in [4.69, 9.17) is 11.5 Å². The molecule has 1 heterocycles. The van der Waals surface area contributed by atoms with E-state index in [1.54, 1.807) is 30.5 Å². The molecular formula is C36H41N7O10. The average molecular weight is 732 g/mol. The van der Waals surface area contributed by atoms with Gasteiger partial charge in [0.15, 0.2) is 0 Å². The lowest BCUT2D eigenvalue weighted by Crippen LogP contribution is -2.60. The summed E-state index contributed by atoms with van der Waals surface area (Å²) < 4.78 is 0. The molecule has 0 aliphatic heterocycles.